The van der Waals surface area contributed by atoms with E-state index in [-0.39, 0.29) is 11.8 Å². The van der Waals surface area contributed by atoms with Gasteiger partial charge in [-0.15, -0.1) is 0 Å². The number of fused-ring (bicyclic) bond motifs is 1. The number of nitrogens with zero attached hydrogens (tertiary/aromatic N) is 4. The third-order valence-corrected chi connectivity index (χ3v) is 4.18. The Balaban J connectivity index is 1.95. The fourth-order valence-electron chi connectivity index (χ4n) is 2.86. The fourth-order valence-corrected chi connectivity index (χ4v) is 3.04. The average molecular weight is 385 g/mol. The van der Waals surface area contributed by atoms with Crippen molar-refractivity contribution in [2.24, 2.45) is 0 Å². The Bertz CT molecular complexity index is 828. The summed E-state index contributed by atoms with van der Waals surface area (Å²) in [5, 5.41) is 0.203. The summed E-state index contributed by atoms with van der Waals surface area (Å²) >= 11 is 6.03. The minimum Gasteiger partial charge on any atom is -0.463 e. The lowest BCUT2D eigenvalue weighted by Crippen LogP contribution is -2.39. The number of rotatable bonds is 5. The largest absolute Gasteiger partial charge is 0.463 e. The van der Waals surface area contributed by atoms with Gasteiger partial charge in [0, 0.05) is 21.0 Å². The molecule has 1 unspecified atom stereocenters. The van der Waals surface area contributed by atoms with Crippen molar-refractivity contribution in [1.82, 2.24) is 19.5 Å². The quantitative estimate of drug-likeness (QED) is 0.547. The second-order valence-corrected chi connectivity index (χ2v) is 5.99. The maximum absolute atomic E-state index is 11.5. The smallest absolute Gasteiger partial charge is 0.303 e. The zero-order chi connectivity index (χ0) is 18.8. The van der Waals surface area contributed by atoms with E-state index in [1.807, 2.05) is 0 Å². The van der Waals surface area contributed by atoms with Crippen LogP contribution in [0.3, 0.4) is 0 Å². The molecule has 1 fully saturated rings. The van der Waals surface area contributed by atoms with Crippen LogP contribution in [0.2, 0.25) is 5.15 Å². The molecule has 0 spiro atoms. The Kier molecular flexibility index (Phi) is 5.35. The van der Waals surface area contributed by atoms with Crippen LogP contribution in [0.4, 0.5) is 0 Å². The van der Waals surface area contributed by atoms with Gasteiger partial charge in [-0.1, -0.05) is 11.6 Å². The number of hydrogen-bond acceptors (Lipinski definition) is 9. The predicted octanol–water partition coefficient (Wildman–Crippen LogP) is 0.887. The summed E-state index contributed by atoms with van der Waals surface area (Å²) in [5.41, 5.74) is 0.840. The van der Waals surface area contributed by atoms with E-state index in [0.717, 1.165) is 0 Å². The van der Waals surface area contributed by atoms with E-state index in [1.165, 1.54) is 33.6 Å². The molecule has 10 nitrogen and oxygen atoms in total. The van der Waals surface area contributed by atoms with Crippen molar-refractivity contribution in [3.63, 3.8) is 0 Å². The summed E-state index contributed by atoms with van der Waals surface area (Å²) in [6.07, 6.45) is -0.101. The van der Waals surface area contributed by atoms with Gasteiger partial charge >= 0.3 is 11.9 Å². The molecule has 0 radical (unpaired) electrons. The molecule has 0 bridgehead atoms. The van der Waals surface area contributed by atoms with Crippen LogP contribution in [0.5, 0.6) is 0 Å². The van der Waals surface area contributed by atoms with E-state index in [9.17, 15) is 9.59 Å². The van der Waals surface area contributed by atoms with E-state index < -0.39 is 36.5 Å². The molecule has 26 heavy (non-hydrogen) atoms. The average Bonchev–Trinajstić information content (AvgIpc) is 3.14. The Morgan fingerprint density at radius 1 is 1.23 bits per heavy atom. The predicted molar refractivity (Wildman–Crippen MR) is 87.2 cm³/mol. The molecule has 0 N–H and O–H groups in total. The Labute approximate surface area is 153 Å². The second-order valence-electron chi connectivity index (χ2n) is 5.63. The summed E-state index contributed by atoms with van der Waals surface area (Å²) in [7, 11) is 1.47. The minimum absolute atomic E-state index is 0.0913. The van der Waals surface area contributed by atoms with Gasteiger partial charge in [-0.3, -0.25) is 14.2 Å². The van der Waals surface area contributed by atoms with E-state index in [0.29, 0.717) is 11.2 Å². The van der Waals surface area contributed by atoms with Crippen LogP contribution in [0.15, 0.2) is 12.7 Å². The molecular weight excluding hydrogens is 368 g/mol. The van der Waals surface area contributed by atoms with E-state index in [4.69, 9.17) is 30.5 Å². The molecule has 2 aromatic heterocycles. The summed E-state index contributed by atoms with van der Waals surface area (Å²) in [4.78, 5) is 34.9. The standard InChI is InChI=1S/C15H17ClN4O6/c1-7(21)24-4-9-11(25-8(2)22)12(23-3)15(26-9)20-6-19-10-13(16)17-5-18-14(10)20/h5-6,9,11-12,15H,4H2,1-3H3/t9-,11?,12+,15-/m1/s1. The van der Waals surface area contributed by atoms with Gasteiger partial charge in [0.2, 0.25) is 0 Å². The third kappa shape index (κ3) is 3.48. The highest BCUT2D eigenvalue weighted by Gasteiger charge is 2.49. The minimum atomic E-state index is -0.781. The van der Waals surface area contributed by atoms with Crippen molar-refractivity contribution < 1.29 is 28.5 Å². The molecule has 2 aromatic rings. The zero-order valence-electron chi connectivity index (χ0n) is 14.3. The number of halogens is 1. The fraction of sp³-hybridized carbons (Fsp3) is 0.533. The topological polar surface area (TPSA) is 115 Å². The van der Waals surface area contributed by atoms with E-state index in [2.05, 4.69) is 15.0 Å². The monoisotopic (exact) mass is 384 g/mol. The Morgan fingerprint density at radius 3 is 2.65 bits per heavy atom. The van der Waals surface area contributed by atoms with E-state index >= 15 is 0 Å². The lowest BCUT2D eigenvalue weighted by molar-refractivity contribution is -0.157. The normalized spacial score (nSPS) is 25.4. The number of hydrogen-bond donors (Lipinski definition) is 0. The number of aromatic nitrogens is 4. The van der Waals surface area contributed by atoms with Gasteiger partial charge in [-0.05, 0) is 0 Å². The van der Waals surface area contributed by atoms with Gasteiger partial charge in [0.1, 0.15) is 30.7 Å². The molecule has 1 aliphatic heterocycles. The van der Waals surface area contributed by atoms with Crippen LogP contribution in [-0.2, 0) is 28.5 Å². The molecule has 0 aliphatic carbocycles. The van der Waals surface area contributed by atoms with Crippen LogP contribution in [0.1, 0.15) is 20.1 Å². The molecule has 0 amide bonds. The Morgan fingerprint density at radius 2 is 2.00 bits per heavy atom. The van der Waals surface area contributed by atoms with Crippen LogP contribution in [-0.4, -0.2) is 63.5 Å². The van der Waals surface area contributed by atoms with Crippen molar-refractivity contribution in [3.8, 4) is 0 Å². The number of ether oxygens (including phenoxy) is 4. The van der Waals surface area contributed by atoms with Gasteiger partial charge in [0.25, 0.3) is 0 Å². The molecule has 0 saturated carbocycles. The maximum atomic E-state index is 11.5. The maximum Gasteiger partial charge on any atom is 0.303 e. The van der Waals surface area contributed by atoms with Gasteiger partial charge in [-0.25, -0.2) is 15.0 Å². The van der Waals surface area contributed by atoms with Gasteiger partial charge in [0.05, 0.1) is 6.33 Å². The molecule has 4 atom stereocenters. The number of carbonyl (C=O) groups is 2. The van der Waals surface area contributed by atoms with Crippen molar-refractivity contribution in [3.05, 3.63) is 17.8 Å². The molecule has 3 heterocycles. The van der Waals surface area contributed by atoms with Crippen LogP contribution in [0, 0.1) is 0 Å². The lowest BCUT2D eigenvalue weighted by atomic mass is 10.1. The van der Waals surface area contributed by atoms with Gasteiger partial charge in [0.15, 0.2) is 23.1 Å². The molecular formula is C15H17ClN4O6. The molecule has 140 valence electrons. The number of methoxy groups -OCH3 is 1. The van der Waals surface area contributed by atoms with Crippen molar-refractivity contribution >= 4 is 34.7 Å². The molecule has 11 heteroatoms. The molecule has 1 saturated heterocycles. The first kappa shape index (κ1) is 18.5. The lowest BCUT2D eigenvalue weighted by Gasteiger charge is -2.22. The summed E-state index contributed by atoms with van der Waals surface area (Å²) in [6.45, 7) is 2.47. The van der Waals surface area contributed by atoms with Crippen molar-refractivity contribution in [1.29, 1.82) is 0 Å². The highest BCUT2D eigenvalue weighted by molar-refractivity contribution is 6.33. The molecule has 0 aromatic carbocycles. The molecule has 3 rings (SSSR count). The second kappa shape index (κ2) is 7.52. The highest BCUT2D eigenvalue weighted by atomic mass is 35.5. The first-order valence-electron chi connectivity index (χ1n) is 7.74. The highest BCUT2D eigenvalue weighted by Crippen LogP contribution is 2.35. The van der Waals surface area contributed by atoms with E-state index in [1.54, 1.807) is 4.57 Å². The number of imidazole rings is 1. The number of esters is 2. The first-order chi connectivity index (χ1) is 12.4. The van der Waals surface area contributed by atoms with Crippen LogP contribution in [0.25, 0.3) is 11.2 Å². The summed E-state index contributed by atoms with van der Waals surface area (Å²) < 4.78 is 23.5. The number of carbonyl (C=O) groups excluding carboxylic acids is 2. The SMILES string of the molecule is CO[C@H]1C(OC(C)=O)[C@@H](COC(C)=O)O[C@H]1n1cnc2c(Cl)ncnc21. The first-order valence-corrected chi connectivity index (χ1v) is 8.12. The Hall–Kier alpha value is -2.30. The summed E-state index contributed by atoms with van der Waals surface area (Å²) in [5.74, 6) is -0.977. The van der Waals surface area contributed by atoms with Crippen molar-refractivity contribution in [2.75, 3.05) is 13.7 Å². The zero-order valence-corrected chi connectivity index (χ0v) is 15.0. The summed E-state index contributed by atoms with van der Waals surface area (Å²) in [6, 6.07) is 0. The van der Waals surface area contributed by atoms with Crippen molar-refractivity contribution in [2.45, 2.75) is 38.4 Å². The van der Waals surface area contributed by atoms with Gasteiger partial charge in [-0.2, -0.15) is 0 Å². The molecule has 1 aliphatic rings. The van der Waals surface area contributed by atoms with Crippen LogP contribution < -0.4 is 0 Å². The third-order valence-electron chi connectivity index (χ3n) is 3.90. The van der Waals surface area contributed by atoms with Gasteiger partial charge < -0.3 is 18.9 Å². The van der Waals surface area contributed by atoms with Crippen LogP contribution >= 0.6 is 11.6 Å².